The second kappa shape index (κ2) is 8.25. The summed E-state index contributed by atoms with van der Waals surface area (Å²) < 4.78 is 5.80. The molecule has 2 aromatic rings. The highest BCUT2D eigenvalue weighted by Crippen LogP contribution is 2.24. The van der Waals surface area contributed by atoms with E-state index in [0.717, 1.165) is 11.3 Å². The number of nitrogens with one attached hydrogen (secondary N) is 1. The molecular formula is C20H25ClN2O3. The first kappa shape index (κ1) is 19.0. The average Bonchev–Trinajstić information content (AvgIpc) is 3.06. The van der Waals surface area contributed by atoms with Crippen LogP contribution >= 0.6 is 11.6 Å². The predicted octanol–water partition coefficient (Wildman–Crippen LogP) is 3.45. The molecule has 2 heterocycles. The summed E-state index contributed by atoms with van der Waals surface area (Å²) in [5.41, 5.74) is 0.946. The Bertz CT molecular complexity index is 732. The summed E-state index contributed by atoms with van der Waals surface area (Å²) in [6, 6.07) is 11.6. The van der Waals surface area contributed by atoms with Gasteiger partial charge in [0.1, 0.15) is 11.5 Å². The highest BCUT2D eigenvalue weighted by molar-refractivity contribution is 6.30. The van der Waals surface area contributed by atoms with Crippen molar-refractivity contribution in [2.75, 3.05) is 6.54 Å². The van der Waals surface area contributed by atoms with Gasteiger partial charge >= 0.3 is 0 Å². The molecule has 0 radical (unpaired) electrons. The topological polar surface area (TPSA) is 65.7 Å². The minimum Gasteiger partial charge on any atom is -0.459 e. The van der Waals surface area contributed by atoms with Gasteiger partial charge in [-0.15, -0.1) is 0 Å². The van der Waals surface area contributed by atoms with Crippen LogP contribution in [0.1, 0.15) is 32.4 Å². The lowest BCUT2D eigenvalue weighted by atomic mass is 9.95. The van der Waals surface area contributed by atoms with Crippen molar-refractivity contribution in [1.29, 1.82) is 0 Å². The molecule has 26 heavy (non-hydrogen) atoms. The first-order valence-electron chi connectivity index (χ1n) is 8.97. The number of aliphatic hydroxyl groups is 1. The smallest absolute Gasteiger partial charge is 0.234 e. The van der Waals surface area contributed by atoms with Crippen molar-refractivity contribution in [3.63, 3.8) is 0 Å². The maximum atomic E-state index is 12.3. The number of aliphatic hydroxyl groups excluding tert-OH is 1. The first-order chi connectivity index (χ1) is 12.4. The molecule has 140 valence electrons. The van der Waals surface area contributed by atoms with Crippen LogP contribution in [0.4, 0.5) is 0 Å². The summed E-state index contributed by atoms with van der Waals surface area (Å²) in [4.78, 5) is 14.4. The Kier molecular flexibility index (Phi) is 6.01. The fourth-order valence-electron chi connectivity index (χ4n) is 3.55. The summed E-state index contributed by atoms with van der Waals surface area (Å²) in [6.45, 7) is 4.79. The van der Waals surface area contributed by atoms with Crippen LogP contribution in [0, 0.1) is 0 Å². The maximum Gasteiger partial charge on any atom is 0.234 e. The molecule has 1 amide bonds. The third kappa shape index (κ3) is 4.67. The fourth-order valence-corrected chi connectivity index (χ4v) is 3.68. The number of likely N-dealkylation sites (tertiary alicyclic amines) is 1. The minimum atomic E-state index is -0.270. The monoisotopic (exact) mass is 376 g/mol. The van der Waals surface area contributed by atoms with Crippen LogP contribution in [0.15, 0.2) is 40.8 Å². The van der Waals surface area contributed by atoms with Crippen molar-refractivity contribution in [2.45, 2.75) is 51.4 Å². The van der Waals surface area contributed by atoms with Crippen molar-refractivity contribution in [3.8, 4) is 11.3 Å². The van der Waals surface area contributed by atoms with Crippen molar-refractivity contribution in [2.24, 2.45) is 0 Å². The number of piperidine rings is 1. The number of amides is 1. The quantitative estimate of drug-likeness (QED) is 0.838. The number of nitrogens with zero attached hydrogens (tertiary/aromatic N) is 1. The van der Waals surface area contributed by atoms with Crippen LogP contribution in [0.2, 0.25) is 5.02 Å². The molecule has 1 fully saturated rings. The van der Waals surface area contributed by atoms with Gasteiger partial charge < -0.3 is 14.8 Å². The molecule has 0 spiro atoms. The third-order valence-electron chi connectivity index (χ3n) is 4.94. The number of hydrogen-bond donors (Lipinski definition) is 2. The molecule has 1 aliphatic heterocycles. The van der Waals surface area contributed by atoms with Gasteiger partial charge in [-0.1, -0.05) is 11.6 Å². The molecule has 3 rings (SSSR count). The predicted molar refractivity (Wildman–Crippen MR) is 102 cm³/mol. The van der Waals surface area contributed by atoms with E-state index in [1.807, 2.05) is 36.4 Å². The van der Waals surface area contributed by atoms with E-state index >= 15 is 0 Å². The van der Waals surface area contributed by atoms with Gasteiger partial charge in [0, 0.05) is 22.7 Å². The highest BCUT2D eigenvalue weighted by Gasteiger charge is 2.30. The summed E-state index contributed by atoms with van der Waals surface area (Å²) in [5.74, 6) is 1.42. The zero-order chi connectivity index (χ0) is 18.7. The summed E-state index contributed by atoms with van der Waals surface area (Å²) in [7, 11) is 0. The zero-order valence-electron chi connectivity index (χ0n) is 15.1. The molecule has 0 saturated carbocycles. The molecular weight excluding hydrogens is 352 g/mol. The number of carbonyl (C=O) groups excluding carboxylic acids is 1. The standard InChI is InChI=1S/C20H25ClN2O3/c1-13-9-17(24)10-14(2)23(13)12-20(25)22-11-18-7-8-19(26-18)15-3-5-16(21)6-4-15/h3-8,13-14,17,24H,9-12H2,1-2H3,(H,22,25)/t13-,14-/m0/s1. The lowest BCUT2D eigenvalue weighted by Gasteiger charge is -2.40. The van der Waals surface area contributed by atoms with Gasteiger partial charge in [-0.25, -0.2) is 0 Å². The third-order valence-corrected chi connectivity index (χ3v) is 5.19. The largest absolute Gasteiger partial charge is 0.459 e. The molecule has 1 aromatic carbocycles. The van der Waals surface area contributed by atoms with E-state index in [4.69, 9.17) is 16.0 Å². The van der Waals surface area contributed by atoms with Crippen molar-refractivity contribution >= 4 is 17.5 Å². The Morgan fingerprint density at radius 2 is 1.85 bits per heavy atom. The van der Waals surface area contributed by atoms with Crippen LogP contribution in [-0.4, -0.2) is 40.6 Å². The van der Waals surface area contributed by atoms with Gasteiger partial charge in [-0.3, -0.25) is 9.69 Å². The van der Waals surface area contributed by atoms with E-state index in [-0.39, 0.29) is 24.1 Å². The lowest BCUT2D eigenvalue weighted by Crippen LogP contribution is -2.51. The van der Waals surface area contributed by atoms with Gasteiger partial charge in [0.15, 0.2) is 0 Å². The Labute approximate surface area is 158 Å². The molecule has 6 heteroatoms. The Morgan fingerprint density at radius 3 is 2.50 bits per heavy atom. The van der Waals surface area contributed by atoms with E-state index in [0.29, 0.717) is 36.7 Å². The van der Waals surface area contributed by atoms with Gasteiger partial charge in [-0.2, -0.15) is 0 Å². The zero-order valence-corrected chi connectivity index (χ0v) is 15.9. The molecule has 0 aliphatic carbocycles. The molecule has 1 aliphatic rings. The minimum absolute atomic E-state index is 0.0375. The Balaban J connectivity index is 1.53. The number of halogens is 1. The summed E-state index contributed by atoms with van der Waals surface area (Å²) >= 11 is 5.90. The van der Waals surface area contributed by atoms with Crippen LogP contribution in [0.5, 0.6) is 0 Å². The van der Waals surface area contributed by atoms with Crippen molar-refractivity contribution in [3.05, 3.63) is 47.2 Å². The fraction of sp³-hybridized carbons (Fsp3) is 0.450. The molecule has 0 unspecified atom stereocenters. The highest BCUT2D eigenvalue weighted by atomic mass is 35.5. The normalized spacial score (nSPS) is 23.8. The molecule has 1 aromatic heterocycles. The van der Waals surface area contributed by atoms with Gasteiger partial charge in [0.2, 0.25) is 5.91 Å². The van der Waals surface area contributed by atoms with E-state index in [9.17, 15) is 9.90 Å². The summed E-state index contributed by atoms with van der Waals surface area (Å²) in [5, 5.41) is 13.4. The van der Waals surface area contributed by atoms with Gasteiger partial charge in [0.05, 0.1) is 19.2 Å². The van der Waals surface area contributed by atoms with Crippen LogP contribution < -0.4 is 5.32 Å². The second-order valence-electron chi connectivity index (χ2n) is 7.05. The number of hydrogen-bond acceptors (Lipinski definition) is 4. The van der Waals surface area contributed by atoms with Crippen LogP contribution in [-0.2, 0) is 11.3 Å². The average molecular weight is 377 g/mol. The van der Waals surface area contributed by atoms with Crippen molar-refractivity contribution < 1.29 is 14.3 Å². The molecule has 1 saturated heterocycles. The van der Waals surface area contributed by atoms with Crippen LogP contribution in [0.3, 0.4) is 0 Å². The van der Waals surface area contributed by atoms with Crippen molar-refractivity contribution in [1.82, 2.24) is 10.2 Å². The Morgan fingerprint density at radius 1 is 1.19 bits per heavy atom. The number of benzene rings is 1. The Hall–Kier alpha value is -1.82. The van der Waals surface area contributed by atoms with E-state index < -0.39 is 0 Å². The molecule has 2 atom stereocenters. The number of carbonyl (C=O) groups is 1. The molecule has 5 nitrogen and oxygen atoms in total. The second-order valence-corrected chi connectivity index (χ2v) is 7.48. The van der Waals surface area contributed by atoms with Gasteiger partial charge in [-0.05, 0) is 63.1 Å². The number of rotatable bonds is 5. The SMILES string of the molecule is C[C@H]1CC(O)C[C@H](C)N1CC(=O)NCc1ccc(-c2ccc(Cl)cc2)o1. The number of furan rings is 1. The first-order valence-corrected chi connectivity index (χ1v) is 9.35. The molecule has 0 bridgehead atoms. The lowest BCUT2D eigenvalue weighted by molar-refractivity contribution is -0.125. The summed E-state index contributed by atoms with van der Waals surface area (Å²) in [6.07, 6.45) is 1.15. The molecule has 2 N–H and O–H groups in total. The van der Waals surface area contributed by atoms with Gasteiger partial charge in [0.25, 0.3) is 0 Å². The van der Waals surface area contributed by atoms with Crippen LogP contribution in [0.25, 0.3) is 11.3 Å². The van der Waals surface area contributed by atoms with E-state index in [1.165, 1.54) is 0 Å². The van der Waals surface area contributed by atoms with E-state index in [2.05, 4.69) is 24.1 Å². The van der Waals surface area contributed by atoms with E-state index in [1.54, 1.807) is 0 Å². The maximum absolute atomic E-state index is 12.3.